The molecule has 0 saturated carbocycles. The van der Waals surface area contributed by atoms with Crippen molar-refractivity contribution >= 4 is 102 Å². The van der Waals surface area contributed by atoms with Gasteiger partial charge in [0, 0.05) is 0 Å². The fraction of sp³-hybridized carbons (Fsp3) is 0. The van der Waals surface area contributed by atoms with Gasteiger partial charge in [-0.15, -0.1) is 0 Å². The van der Waals surface area contributed by atoms with E-state index in [0.717, 1.165) is 0 Å². The molecule has 4 heteroatoms. The van der Waals surface area contributed by atoms with Gasteiger partial charge in [0.15, 0.2) is 0 Å². The van der Waals surface area contributed by atoms with Gasteiger partial charge >= 0.3 is 357 Å². The van der Waals surface area contributed by atoms with E-state index >= 15 is 0 Å². The van der Waals surface area contributed by atoms with Crippen LogP contribution >= 0.6 is 23.8 Å². The van der Waals surface area contributed by atoms with Crippen molar-refractivity contribution in [1.29, 1.82) is 0 Å². The fourth-order valence-corrected chi connectivity index (χ4v) is 26.1. The van der Waals surface area contributed by atoms with E-state index in [1.54, 1.807) is 0 Å². The van der Waals surface area contributed by atoms with Crippen LogP contribution in [0.15, 0.2) is 255 Å². The van der Waals surface area contributed by atoms with Gasteiger partial charge in [-0.2, -0.15) is 0 Å². The van der Waals surface area contributed by atoms with Crippen LogP contribution in [0.25, 0.3) is 0 Å². The first kappa shape index (κ1) is 38.6. The molecule has 0 unspecified atom stereocenters. The summed E-state index contributed by atoms with van der Waals surface area (Å²) in [6.07, 6.45) is 0. The molecule has 0 bridgehead atoms. The molecular formula is C54H42P3Sb. The summed E-state index contributed by atoms with van der Waals surface area (Å²) in [6, 6.07) is 96.1. The molecule has 0 aliphatic carbocycles. The van der Waals surface area contributed by atoms with Gasteiger partial charge < -0.3 is 0 Å². The molecule has 9 rings (SSSR count). The molecular weight excluding hydrogens is 863 g/mol. The van der Waals surface area contributed by atoms with E-state index in [4.69, 9.17) is 0 Å². The molecule has 0 spiro atoms. The second kappa shape index (κ2) is 18.8. The summed E-state index contributed by atoms with van der Waals surface area (Å²) in [4.78, 5) is 0. The molecule has 0 nitrogen and oxygen atoms in total. The predicted molar refractivity (Wildman–Crippen MR) is 260 cm³/mol. The Morgan fingerprint density at radius 2 is 0.362 bits per heavy atom. The van der Waals surface area contributed by atoms with E-state index in [-0.39, 0.29) is 0 Å². The minimum atomic E-state index is -3.00. The maximum atomic E-state index is 2.51. The van der Waals surface area contributed by atoms with Crippen LogP contribution < -0.4 is 58.3 Å². The minimum absolute atomic E-state index is 0.849. The summed E-state index contributed by atoms with van der Waals surface area (Å²) >= 11 is -3.00. The van der Waals surface area contributed by atoms with E-state index in [1.807, 2.05) is 0 Å². The average Bonchev–Trinajstić information content (AvgIpc) is 3.30. The van der Waals surface area contributed by atoms with Gasteiger partial charge in [0.05, 0.1) is 0 Å². The Labute approximate surface area is 354 Å². The van der Waals surface area contributed by atoms with E-state index in [2.05, 4.69) is 255 Å². The summed E-state index contributed by atoms with van der Waals surface area (Å²) < 4.78 is 4.61. The van der Waals surface area contributed by atoms with Gasteiger partial charge in [-0.3, -0.25) is 0 Å². The zero-order chi connectivity index (χ0) is 38.9. The molecule has 0 saturated heterocycles. The second-order valence-corrected chi connectivity index (χ2v) is 26.4. The summed E-state index contributed by atoms with van der Waals surface area (Å²) in [5.74, 6) is 0. The van der Waals surface area contributed by atoms with Crippen LogP contribution in [-0.2, 0) is 0 Å². The van der Waals surface area contributed by atoms with E-state index in [9.17, 15) is 0 Å². The molecule has 0 fully saturated rings. The van der Waals surface area contributed by atoms with Crippen LogP contribution in [0.5, 0.6) is 0 Å². The molecule has 278 valence electrons. The molecule has 9 aromatic rings. The zero-order valence-corrected chi connectivity index (χ0v) is 37.3. The Hall–Kier alpha value is -4.91. The standard InChI is InChI=1S/3C18H14P.Sb/c3*1-4-10-16(11-5-1)19(17-12-6-2-7-13-17)18-14-8-3-9-15-18;/h3*1-14H;. The first-order valence-electron chi connectivity index (χ1n) is 19.6. The molecule has 58 heavy (non-hydrogen) atoms. The Morgan fingerprint density at radius 1 is 0.190 bits per heavy atom. The molecule has 0 N–H and O–H groups in total. The molecule has 0 radical (unpaired) electrons. The van der Waals surface area contributed by atoms with Crippen molar-refractivity contribution in [3.8, 4) is 0 Å². The monoisotopic (exact) mass is 904 g/mol. The number of hydrogen-bond acceptors (Lipinski definition) is 0. The number of benzene rings is 9. The number of rotatable bonds is 12. The molecule has 0 atom stereocenters. The Bertz CT molecular complexity index is 2260. The third kappa shape index (κ3) is 8.32. The van der Waals surface area contributed by atoms with Crippen LogP contribution in [0.3, 0.4) is 0 Å². The Kier molecular flexibility index (Phi) is 12.5. The van der Waals surface area contributed by atoms with Crippen LogP contribution in [0.4, 0.5) is 0 Å². The average molecular weight is 906 g/mol. The first-order valence-corrected chi connectivity index (χ1v) is 27.5. The van der Waals surface area contributed by atoms with E-state index < -0.39 is 44.0 Å². The third-order valence-corrected chi connectivity index (χ3v) is 26.7. The van der Waals surface area contributed by atoms with Crippen LogP contribution in [-0.4, -0.2) is 20.2 Å². The molecule has 0 amide bonds. The summed E-state index contributed by atoms with van der Waals surface area (Å²) in [6.45, 7) is 0. The molecule has 0 aromatic heterocycles. The molecule has 0 aliphatic heterocycles. The Morgan fingerprint density at radius 3 is 0.569 bits per heavy atom. The fourth-order valence-electron chi connectivity index (χ4n) is 7.66. The van der Waals surface area contributed by atoms with Crippen LogP contribution in [0, 0.1) is 0 Å². The van der Waals surface area contributed by atoms with E-state index in [0.29, 0.717) is 0 Å². The van der Waals surface area contributed by atoms with Gasteiger partial charge in [0.2, 0.25) is 0 Å². The van der Waals surface area contributed by atoms with Crippen molar-refractivity contribution in [2.24, 2.45) is 0 Å². The maximum absolute atomic E-state index is 3.00. The van der Waals surface area contributed by atoms with Gasteiger partial charge in [-0.1, -0.05) is 0 Å². The summed E-state index contributed by atoms with van der Waals surface area (Å²) in [5.41, 5.74) is 0. The first-order chi connectivity index (χ1) is 28.8. The Balaban J connectivity index is 1.36. The zero-order valence-electron chi connectivity index (χ0n) is 32.0. The second-order valence-electron chi connectivity index (χ2n) is 13.8. The van der Waals surface area contributed by atoms with Gasteiger partial charge in [-0.25, -0.2) is 0 Å². The predicted octanol–water partition coefficient (Wildman–Crippen LogP) is 7.48. The van der Waals surface area contributed by atoms with Gasteiger partial charge in [0.1, 0.15) is 0 Å². The van der Waals surface area contributed by atoms with Crippen molar-refractivity contribution in [2.45, 2.75) is 0 Å². The third-order valence-electron chi connectivity index (χ3n) is 10.2. The van der Waals surface area contributed by atoms with Gasteiger partial charge in [0.25, 0.3) is 0 Å². The molecule has 0 heterocycles. The normalized spacial score (nSPS) is 11.4. The molecule has 9 aromatic carbocycles. The van der Waals surface area contributed by atoms with Crippen molar-refractivity contribution < 1.29 is 0 Å². The summed E-state index contributed by atoms with van der Waals surface area (Å²) in [5, 5.41) is 12.7. The molecule has 0 aliphatic rings. The van der Waals surface area contributed by atoms with Crippen molar-refractivity contribution in [2.75, 3.05) is 0 Å². The quantitative estimate of drug-likeness (QED) is 0.0883. The topological polar surface area (TPSA) is 0 Å². The van der Waals surface area contributed by atoms with Crippen LogP contribution in [0.1, 0.15) is 0 Å². The number of hydrogen-bond donors (Lipinski definition) is 0. The van der Waals surface area contributed by atoms with Crippen molar-refractivity contribution in [3.63, 3.8) is 0 Å². The van der Waals surface area contributed by atoms with Crippen molar-refractivity contribution in [3.05, 3.63) is 255 Å². The summed E-state index contributed by atoms with van der Waals surface area (Å²) in [7, 11) is -2.55. The van der Waals surface area contributed by atoms with Crippen molar-refractivity contribution in [1.82, 2.24) is 0 Å². The van der Waals surface area contributed by atoms with Gasteiger partial charge in [-0.05, 0) is 0 Å². The van der Waals surface area contributed by atoms with Crippen LogP contribution in [0.2, 0.25) is 0 Å². The SMILES string of the molecule is c1ccc(P(c2ccccc2)c2cccc[c]2[Sb]([c]2ccccc2P(c2ccccc2)c2ccccc2)[c]2ccccc2P(c2ccccc2)c2ccccc2)cc1. The van der Waals surface area contributed by atoms with E-state index in [1.165, 1.54) is 58.3 Å².